The van der Waals surface area contributed by atoms with E-state index in [2.05, 4.69) is 20.4 Å². The van der Waals surface area contributed by atoms with Crippen molar-refractivity contribution < 1.29 is 53.3 Å². The average Bonchev–Trinajstić information content (AvgIpc) is 1.87. The molecule has 0 aliphatic heterocycles. The predicted octanol–water partition coefficient (Wildman–Crippen LogP) is -4.85. The van der Waals surface area contributed by atoms with Crippen LogP contribution in [0.4, 0.5) is 0 Å². The van der Waals surface area contributed by atoms with Gasteiger partial charge < -0.3 is 14.4 Å². The molecule has 10 heteroatoms. The molecule has 0 saturated heterocycles. The Hall–Kier alpha value is 0.490. The molecule has 0 aliphatic carbocycles. The number of rotatable bonds is 5. The minimum Gasteiger partial charge on any atom is -0.709 e. The van der Waals surface area contributed by atoms with Gasteiger partial charge in [0.15, 0.2) is 0 Å². The first-order chi connectivity index (χ1) is 4.98. The Bertz CT molecular complexity index is 226. The monoisotopic (exact) mass is 225 g/mol. The molecule has 0 aliphatic rings. The summed E-state index contributed by atoms with van der Waals surface area (Å²) in [6.07, 6.45) is 0. The molecule has 66 valence electrons. The molecule has 0 spiro atoms. The van der Waals surface area contributed by atoms with Crippen LogP contribution in [0.25, 0.3) is 0 Å². The van der Waals surface area contributed by atoms with Crippen molar-refractivity contribution in [2.75, 3.05) is 12.4 Å². The second-order valence-corrected chi connectivity index (χ2v) is 4.57. The van der Waals surface area contributed by atoms with Crippen LogP contribution >= 0.6 is 0 Å². The van der Waals surface area contributed by atoms with E-state index in [0.29, 0.717) is 0 Å². The summed E-state index contributed by atoms with van der Waals surface area (Å²) in [6.45, 7) is -0.502. The van der Waals surface area contributed by atoms with E-state index < -0.39 is 26.2 Å². The molecule has 12 heavy (non-hydrogen) atoms. The largest absolute Gasteiger partial charge is 1.00 e. The fraction of sp³-hybridized carbons (Fsp3) is 1.00. The van der Waals surface area contributed by atoms with E-state index in [-0.39, 0.29) is 29.6 Å². The summed E-state index contributed by atoms with van der Waals surface area (Å²) < 4.78 is 13.6. The molecule has 0 heterocycles. The maximum absolute atomic E-state index is 10.5. The smallest absolute Gasteiger partial charge is 0.709 e. The van der Waals surface area contributed by atoms with Crippen molar-refractivity contribution in [2.45, 2.75) is 0 Å². The minimum atomic E-state index is -3.37. The Balaban J connectivity index is 0. The fourth-order valence-corrected chi connectivity index (χ4v) is 0.799. The van der Waals surface area contributed by atoms with Crippen LogP contribution in [0, 0.1) is 10.1 Å². The molecule has 0 saturated carbocycles. The van der Waals surface area contributed by atoms with Gasteiger partial charge >= 0.3 is 29.6 Å². The zero-order valence-electron chi connectivity index (χ0n) is 6.13. The molecule has 0 fully saturated rings. The van der Waals surface area contributed by atoms with Crippen molar-refractivity contribution in [1.29, 1.82) is 0 Å². The molecule has 1 unspecified atom stereocenters. The molecule has 1 atom stereocenters. The van der Waals surface area contributed by atoms with Crippen molar-refractivity contribution >= 4 is 20.0 Å². The van der Waals surface area contributed by atoms with Gasteiger partial charge in [-0.25, -0.2) is 4.21 Å². The van der Waals surface area contributed by atoms with Gasteiger partial charge in [-0.1, -0.05) is 0 Å². The van der Waals surface area contributed by atoms with E-state index in [1.807, 2.05) is 0 Å². The van der Waals surface area contributed by atoms with Crippen molar-refractivity contribution in [3.05, 3.63) is 10.1 Å². The average molecular weight is 225 g/mol. The van der Waals surface area contributed by atoms with E-state index in [1.165, 1.54) is 0 Å². The van der Waals surface area contributed by atoms with Crippen molar-refractivity contribution in [2.24, 2.45) is 0 Å². The maximum atomic E-state index is 10.5. The predicted molar refractivity (Wildman–Crippen MR) is 34.4 cm³/mol. The Kier molecular flexibility index (Phi) is 8.68. The van der Waals surface area contributed by atoms with Crippen LogP contribution in [0.3, 0.4) is 0 Å². The van der Waals surface area contributed by atoms with Crippen molar-refractivity contribution in [3.8, 4) is 0 Å². The third-order valence-electron chi connectivity index (χ3n) is 0.634. The summed E-state index contributed by atoms with van der Waals surface area (Å²) >= 11 is 4.09. The van der Waals surface area contributed by atoms with E-state index in [4.69, 9.17) is 0 Å². The standard InChI is InChI=1S/C2H5NO6S2.Na/c4-3(5)8-1-2-11(7,10)9-6;/h6H,1-2H2;/q;+1/p-1. The molecular formula is C2H4NNaO6S2. The number of hydrogen-bond acceptors (Lipinski definition) is 7. The van der Waals surface area contributed by atoms with Gasteiger partial charge in [-0.3, -0.25) is 0 Å². The summed E-state index contributed by atoms with van der Waals surface area (Å²) in [7, 11) is -3.37. The zero-order valence-corrected chi connectivity index (χ0v) is 9.76. The maximum Gasteiger partial charge on any atom is 1.00 e. The quantitative estimate of drug-likeness (QED) is 0.200. The van der Waals surface area contributed by atoms with Crippen LogP contribution < -0.4 is 34.8 Å². The molecule has 0 aromatic rings. The van der Waals surface area contributed by atoms with Gasteiger partial charge in [-0.15, -0.1) is 10.1 Å². The summed E-state index contributed by atoms with van der Waals surface area (Å²) in [5, 5.41) is 18.0. The van der Waals surface area contributed by atoms with Gasteiger partial charge in [-0.2, -0.15) is 0 Å². The topological polar surface area (TPSA) is 102 Å². The zero-order chi connectivity index (χ0) is 8.91. The van der Waals surface area contributed by atoms with Crippen LogP contribution in [0.2, 0.25) is 0 Å². The molecular weight excluding hydrogens is 221 g/mol. The Labute approximate surface area is 95.2 Å². The van der Waals surface area contributed by atoms with Crippen LogP contribution in [0.5, 0.6) is 0 Å². The molecule has 0 amide bonds. The first-order valence-electron chi connectivity index (χ1n) is 2.29. The van der Waals surface area contributed by atoms with E-state index in [1.54, 1.807) is 0 Å². The summed E-state index contributed by atoms with van der Waals surface area (Å²) in [6, 6.07) is 0. The fourth-order valence-electron chi connectivity index (χ4n) is 0.248. The van der Waals surface area contributed by atoms with Gasteiger partial charge in [0, 0.05) is 11.2 Å². The van der Waals surface area contributed by atoms with Crippen LogP contribution in [0.15, 0.2) is 0 Å². The van der Waals surface area contributed by atoms with E-state index >= 15 is 0 Å². The van der Waals surface area contributed by atoms with Gasteiger partial charge in [0.05, 0.1) is 5.75 Å². The SMILES string of the molecule is O=[N+]([O-])OCCS(=O)(=S)O[O-].[Na+]. The first-order valence-corrected chi connectivity index (χ1v) is 4.87. The van der Waals surface area contributed by atoms with Crippen molar-refractivity contribution in [1.82, 2.24) is 0 Å². The molecule has 0 aromatic carbocycles. The van der Waals surface area contributed by atoms with E-state index in [9.17, 15) is 19.6 Å². The summed E-state index contributed by atoms with van der Waals surface area (Å²) in [5.74, 6) is -0.465. The Morgan fingerprint density at radius 1 is 1.58 bits per heavy atom. The summed E-state index contributed by atoms with van der Waals surface area (Å²) in [5.41, 5.74) is 0. The molecule has 7 nitrogen and oxygen atoms in total. The summed E-state index contributed by atoms with van der Waals surface area (Å²) in [4.78, 5) is 13.2. The van der Waals surface area contributed by atoms with Crippen LogP contribution in [0.1, 0.15) is 0 Å². The first kappa shape index (κ1) is 15.0. The molecule has 0 N–H and O–H groups in total. The normalized spacial score (nSPS) is 14.1. The minimum absolute atomic E-state index is 0. The van der Waals surface area contributed by atoms with Crippen LogP contribution in [-0.2, 0) is 29.1 Å². The van der Waals surface area contributed by atoms with Crippen LogP contribution in [-0.4, -0.2) is 21.7 Å². The number of nitrogens with zero attached hydrogens (tertiary/aromatic N) is 1. The van der Waals surface area contributed by atoms with Gasteiger partial charge in [0.25, 0.3) is 5.09 Å². The van der Waals surface area contributed by atoms with Gasteiger partial charge in [0.1, 0.15) is 15.4 Å². The number of hydrogen-bond donors (Lipinski definition) is 0. The molecule has 0 bridgehead atoms. The van der Waals surface area contributed by atoms with E-state index in [0.717, 1.165) is 0 Å². The van der Waals surface area contributed by atoms with Gasteiger partial charge in [0.2, 0.25) is 0 Å². The molecule has 0 radical (unpaired) electrons. The second-order valence-electron chi connectivity index (χ2n) is 1.39. The third kappa shape index (κ3) is 8.59. The third-order valence-corrected chi connectivity index (χ3v) is 2.17. The Morgan fingerprint density at radius 3 is 2.42 bits per heavy atom. The van der Waals surface area contributed by atoms with Gasteiger partial charge in [-0.05, 0) is 0 Å². The molecule has 0 aromatic heterocycles. The Morgan fingerprint density at radius 2 is 2.08 bits per heavy atom. The molecule has 0 rings (SSSR count). The second kappa shape index (κ2) is 6.95. The van der Waals surface area contributed by atoms with Crippen molar-refractivity contribution in [3.63, 3.8) is 0 Å².